The molecule has 0 aromatic carbocycles. The first kappa shape index (κ1) is 10.7. The van der Waals surface area contributed by atoms with Crippen molar-refractivity contribution >= 4 is 17.6 Å². The molecule has 2 rings (SSSR count). The van der Waals surface area contributed by atoms with Crippen molar-refractivity contribution in [1.29, 1.82) is 0 Å². The molecule has 1 aromatic rings. The van der Waals surface area contributed by atoms with Gasteiger partial charge in [-0.15, -0.1) is 16.7 Å². The second-order valence-corrected chi connectivity index (χ2v) is 3.88. The molecule has 1 N–H and O–H groups in total. The highest BCUT2D eigenvalue weighted by atomic mass is 35.5. The Hall–Kier alpha value is -0.810. The van der Waals surface area contributed by atoms with Crippen LogP contribution in [0.15, 0.2) is 4.42 Å². The van der Waals surface area contributed by atoms with Crippen molar-refractivity contribution in [2.24, 2.45) is 0 Å². The second kappa shape index (κ2) is 5.32. The summed E-state index contributed by atoms with van der Waals surface area (Å²) in [6.07, 6.45) is 2.75. The number of alkyl halides is 1. The van der Waals surface area contributed by atoms with Crippen LogP contribution in [-0.2, 0) is 11.2 Å². The SMILES string of the molecule is ClCCc1nnc(NC2CCCOC2)o1. The summed E-state index contributed by atoms with van der Waals surface area (Å²) < 4.78 is 10.7. The first-order valence-electron chi connectivity index (χ1n) is 5.11. The molecule has 1 saturated heterocycles. The van der Waals surface area contributed by atoms with Crippen molar-refractivity contribution in [2.75, 3.05) is 24.4 Å². The zero-order chi connectivity index (χ0) is 10.5. The van der Waals surface area contributed by atoms with Crippen LogP contribution < -0.4 is 5.32 Å². The third-order valence-electron chi connectivity index (χ3n) is 2.26. The Morgan fingerprint density at radius 1 is 1.47 bits per heavy atom. The highest BCUT2D eigenvalue weighted by molar-refractivity contribution is 6.17. The second-order valence-electron chi connectivity index (χ2n) is 3.50. The first-order chi connectivity index (χ1) is 7.38. The van der Waals surface area contributed by atoms with Crippen LogP contribution >= 0.6 is 11.6 Å². The summed E-state index contributed by atoms with van der Waals surface area (Å²) >= 11 is 5.57. The van der Waals surface area contributed by atoms with E-state index in [-0.39, 0.29) is 6.04 Å². The van der Waals surface area contributed by atoms with E-state index in [4.69, 9.17) is 20.8 Å². The van der Waals surface area contributed by atoms with Gasteiger partial charge in [0.05, 0.1) is 12.6 Å². The van der Waals surface area contributed by atoms with E-state index < -0.39 is 0 Å². The van der Waals surface area contributed by atoms with Crippen molar-refractivity contribution in [2.45, 2.75) is 25.3 Å². The summed E-state index contributed by atoms with van der Waals surface area (Å²) in [6, 6.07) is 0.744. The molecule has 1 fully saturated rings. The van der Waals surface area contributed by atoms with Crippen LogP contribution in [0.25, 0.3) is 0 Å². The lowest BCUT2D eigenvalue weighted by Gasteiger charge is -2.21. The Kier molecular flexibility index (Phi) is 3.80. The minimum atomic E-state index is 0.281. The van der Waals surface area contributed by atoms with E-state index in [0.717, 1.165) is 19.4 Å². The van der Waals surface area contributed by atoms with Crippen LogP contribution in [0.4, 0.5) is 6.01 Å². The molecule has 1 aliphatic rings. The van der Waals surface area contributed by atoms with Crippen LogP contribution in [0.3, 0.4) is 0 Å². The molecule has 0 bridgehead atoms. The molecule has 15 heavy (non-hydrogen) atoms. The fraction of sp³-hybridized carbons (Fsp3) is 0.778. The third kappa shape index (κ3) is 3.07. The molecule has 1 unspecified atom stereocenters. The van der Waals surface area contributed by atoms with Crippen LogP contribution in [0.1, 0.15) is 18.7 Å². The molecule has 2 heterocycles. The van der Waals surface area contributed by atoms with E-state index in [1.807, 2.05) is 0 Å². The predicted octanol–water partition coefficient (Wildman–Crippen LogP) is 1.44. The van der Waals surface area contributed by atoms with Gasteiger partial charge < -0.3 is 14.5 Å². The number of hydrogen-bond donors (Lipinski definition) is 1. The van der Waals surface area contributed by atoms with Gasteiger partial charge in [0.1, 0.15) is 0 Å². The van der Waals surface area contributed by atoms with Crippen LogP contribution in [0.5, 0.6) is 0 Å². The monoisotopic (exact) mass is 231 g/mol. The maximum absolute atomic E-state index is 5.57. The summed E-state index contributed by atoms with van der Waals surface area (Å²) in [5.41, 5.74) is 0. The summed E-state index contributed by atoms with van der Waals surface area (Å²) in [6.45, 7) is 1.55. The summed E-state index contributed by atoms with van der Waals surface area (Å²) in [5, 5.41) is 10.9. The number of hydrogen-bond acceptors (Lipinski definition) is 5. The number of ether oxygens (including phenoxy) is 1. The lowest BCUT2D eigenvalue weighted by Crippen LogP contribution is -2.30. The van der Waals surface area contributed by atoms with Gasteiger partial charge in [-0.1, -0.05) is 5.10 Å². The van der Waals surface area contributed by atoms with Gasteiger partial charge in [0, 0.05) is 18.9 Å². The average molecular weight is 232 g/mol. The zero-order valence-electron chi connectivity index (χ0n) is 8.41. The highest BCUT2D eigenvalue weighted by Crippen LogP contribution is 2.13. The van der Waals surface area contributed by atoms with Gasteiger partial charge in [0.25, 0.3) is 0 Å². The largest absolute Gasteiger partial charge is 0.408 e. The molecule has 0 amide bonds. The van der Waals surface area contributed by atoms with Crippen molar-refractivity contribution in [3.63, 3.8) is 0 Å². The molecule has 0 saturated carbocycles. The number of aromatic nitrogens is 2. The lowest BCUT2D eigenvalue weighted by molar-refractivity contribution is 0.0868. The summed E-state index contributed by atoms with van der Waals surface area (Å²) in [4.78, 5) is 0. The number of halogens is 1. The van der Waals surface area contributed by atoms with Gasteiger partial charge in [-0.25, -0.2) is 0 Å². The van der Waals surface area contributed by atoms with Gasteiger partial charge in [-0.2, -0.15) is 0 Å². The molecular formula is C9H14ClN3O2. The number of nitrogens with one attached hydrogen (secondary N) is 1. The zero-order valence-corrected chi connectivity index (χ0v) is 9.16. The van der Waals surface area contributed by atoms with Crippen molar-refractivity contribution in [3.8, 4) is 0 Å². The van der Waals surface area contributed by atoms with Crippen LogP contribution in [-0.4, -0.2) is 35.3 Å². The van der Waals surface area contributed by atoms with Gasteiger partial charge in [0.2, 0.25) is 5.89 Å². The molecule has 1 atom stereocenters. The molecule has 84 valence electrons. The van der Waals surface area contributed by atoms with E-state index in [1.54, 1.807) is 0 Å². The normalized spacial score (nSPS) is 21.5. The quantitative estimate of drug-likeness (QED) is 0.795. The molecule has 5 nitrogen and oxygen atoms in total. The standard InChI is InChI=1S/C9H14ClN3O2/c10-4-3-8-12-13-9(15-8)11-7-2-1-5-14-6-7/h7H,1-6H2,(H,11,13). The number of rotatable bonds is 4. The van der Waals surface area contributed by atoms with E-state index in [1.165, 1.54) is 0 Å². The predicted molar refractivity (Wildman–Crippen MR) is 56.2 cm³/mol. The Morgan fingerprint density at radius 3 is 3.13 bits per heavy atom. The maximum atomic E-state index is 5.57. The van der Waals surface area contributed by atoms with Crippen LogP contribution in [0.2, 0.25) is 0 Å². The minimum absolute atomic E-state index is 0.281. The lowest BCUT2D eigenvalue weighted by atomic mass is 10.1. The molecular weight excluding hydrogens is 218 g/mol. The highest BCUT2D eigenvalue weighted by Gasteiger charge is 2.16. The molecule has 1 aliphatic heterocycles. The minimum Gasteiger partial charge on any atom is -0.408 e. The Labute approximate surface area is 93.1 Å². The Balaban J connectivity index is 1.86. The van der Waals surface area contributed by atoms with Crippen molar-refractivity contribution in [3.05, 3.63) is 5.89 Å². The third-order valence-corrected chi connectivity index (χ3v) is 2.45. The molecule has 1 aromatic heterocycles. The van der Waals surface area contributed by atoms with E-state index in [0.29, 0.717) is 30.8 Å². The maximum Gasteiger partial charge on any atom is 0.315 e. The number of anilines is 1. The van der Waals surface area contributed by atoms with Gasteiger partial charge in [-0.3, -0.25) is 0 Å². The Bertz CT molecular complexity index is 299. The summed E-state index contributed by atoms with van der Waals surface area (Å²) in [7, 11) is 0. The number of nitrogens with zero attached hydrogens (tertiary/aromatic N) is 2. The average Bonchev–Trinajstić information content (AvgIpc) is 2.68. The molecule has 0 spiro atoms. The first-order valence-corrected chi connectivity index (χ1v) is 5.64. The topological polar surface area (TPSA) is 60.2 Å². The fourth-order valence-electron chi connectivity index (χ4n) is 1.52. The Morgan fingerprint density at radius 2 is 2.40 bits per heavy atom. The van der Waals surface area contributed by atoms with E-state index >= 15 is 0 Å². The number of aryl methyl sites for hydroxylation is 1. The summed E-state index contributed by atoms with van der Waals surface area (Å²) in [5.74, 6) is 1.07. The molecule has 0 aliphatic carbocycles. The van der Waals surface area contributed by atoms with Crippen LogP contribution in [0, 0.1) is 0 Å². The van der Waals surface area contributed by atoms with Crippen molar-refractivity contribution < 1.29 is 9.15 Å². The van der Waals surface area contributed by atoms with Gasteiger partial charge in [0.15, 0.2) is 0 Å². The fourth-order valence-corrected chi connectivity index (χ4v) is 1.68. The smallest absolute Gasteiger partial charge is 0.315 e. The van der Waals surface area contributed by atoms with Crippen molar-refractivity contribution in [1.82, 2.24) is 10.2 Å². The van der Waals surface area contributed by atoms with E-state index in [2.05, 4.69) is 15.5 Å². The molecule has 6 heteroatoms. The van der Waals surface area contributed by atoms with E-state index in [9.17, 15) is 0 Å². The molecule has 0 radical (unpaired) electrons. The van der Waals surface area contributed by atoms with Gasteiger partial charge >= 0.3 is 6.01 Å². The van der Waals surface area contributed by atoms with Gasteiger partial charge in [-0.05, 0) is 12.8 Å².